The molecule has 1 aliphatic rings. The Morgan fingerprint density at radius 1 is 1.20 bits per heavy atom. The number of aromatic hydroxyl groups is 1. The third kappa shape index (κ3) is 3.74. The molecule has 0 spiro atoms. The highest BCUT2D eigenvalue weighted by Gasteiger charge is 2.27. The Bertz CT molecular complexity index is 396. The number of phenolic OH excluding ortho intramolecular Hbond substituents is 1. The molecule has 0 aromatic heterocycles. The Hall–Kier alpha value is -1.06. The Labute approximate surface area is 122 Å². The molecular formula is C17H27NO2. The lowest BCUT2D eigenvalue weighted by atomic mass is 9.91. The van der Waals surface area contributed by atoms with E-state index in [9.17, 15) is 10.2 Å². The summed E-state index contributed by atoms with van der Waals surface area (Å²) in [6.45, 7) is 6.52. The number of hydrogen-bond acceptors (Lipinski definition) is 3. The minimum absolute atomic E-state index is 0.127. The van der Waals surface area contributed by atoms with Crippen LogP contribution in [0.2, 0.25) is 0 Å². The van der Waals surface area contributed by atoms with Crippen LogP contribution in [0.15, 0.2) is 24.3 Å². The van der Waals surface area contributed by atoms with Gasteiger partial charge in [0.05, 0.1) is 6.10 Å². The quantitative estimate of drug-likeness (QED) is 0.867. The molecule has 2 atom stereocenters. The van der Waals surface area contributed by atoms with E-state index >= 15 is 0 Å². The molecule has 112 valence electrons. The second kappa shape index (κ2) is 7.09. The van der Waals surface area contributed by atoms with Crippen molar-refractivity contribution in [2.24, 2.45) is 5.92 Å². The van der Waals surface area contributed by atoms with Crippen LogP contribution in [-0.2, 0) is 0 Å². The van der Waals surface area contributed by atoms with Crippen molar-refractivity contribution in [1.82, 2.24) is 4.90 Å². The van der Waals surface area contributed by atoms with Gasteiger partial charge in [-0.2, -0.15) is 0 Å². The van der Waals surface area contributed by atoms with Crippen LogP contribution in [0.5, 0.6) is 5.75 Å². The van der Waals surface area contributed by atoms with Crippen LogP contribution in [-0.4, -0.2) is 34.2 Å². The van der Waals surface area contributed by atoms with Crippen molar-refractivity contribution in [1.29, 1.82) is 0 Å². The summed E-state index contributed by atoms with van der Waals surface area (Å²) in [4.78, 5) is 2.39. The van der Waals surface area contributed by atoms with E-state index in [4.69, 9.17) is 0 Å². The minimum atomic E-state index is -0.488. The van der Waals surface area contributed by atoms with Crippen LogP contribution >= 0.6 is 0 Å². The Balaban J connectivity index is 1.91. The molecule has 1 fully saturated rings. The average molecular weight is 277 g/mol. The van der Waals surface area contributed by atoms with Crippen molar-refractivity contribution >= 4 is 0 Å². The molecule has 1 aliphatic heterocycles. The summed E-state index contributed by atoms with van der Waals surface area (Å²) in [5, 5.41) is 19.8. The van der Waals surface area contributed by atoms with E-state index in [2.05, 4.69) is 18.7 Å². The molecule has 3 nitrogen and oxygen atoms in total. The van der Waals surface area contributed by atoms with Crippen molar-refractivity contribution in [2.75, 3.05) is 13.1 Å². The maximum absolute atomic E-state index is 10.5. The van der Waals surface area contributed by atoms with Gasteiger partial charge >= 0.3 is 0 Å². The van der Waals surface area contributed by atoms with Gasteiger partial charge in [0.25, 0.3) is 0 Å². The average Bonchev–Trinajstić information content (AvgIpc) is 2.48. The van der Waals surface area contributed by atoms with E-state index < -0.39 is 6.10 Å². The van der Waals surface area contributed by atoms with E-state index in [0.29, 0.717) is 0 Å². The normalized spacial score (nSPS) is 20.8. The summed E-state index contributed by atoms with van der Waals surface area (Å²) in [7, 11) is 0. The Kier molecular flexibility index (Phi) is 5.44. The first-order chi connectivity index (χ1) is 9.61. The Morgan fingerprint density at radius 2 is 1.80 bits per heavy atom. The summed E-state index contributed by atoms with van der Waals surface area (Å²) in [6, 6.07) is 7.01. The van der Waals surface area contributed by atoms with Gasteiger partial charge < -0.3 is 10.2 Å². The van der Waals surface area contributed by atoms with Gasteiger partial charge in [0, 0.05) is 6.04 Å². The van der Waals surface area contributed by atoms with Gasteiger partial charge in [-0.1, -0.05) is 31.9 Å². The fraction of sp³-hybridized carbons (Fsp3) is 0.647. The van der Waals surface area contributed by atoms with Gasteiger partial charge in [-0.15, -0.1) is 0 Å². The summed E-state index contributed by atoms with van der Waals surface area (Å²) in [5.74, 6) is 1.11. The molecule has 1 saturated heterocycles. The fourth-order valence-corrected chi connectivity index (χ4v) is 3.21. The van der Waals surface area contributed by atoms with E-state index in [1.54, 1.807) is 24.3 Å². The van der Waals surface area contributed by atoms with Crippen LogP contribution in [0.3, 0.4) is 0 Å². The van der Waals surface area contributed by atoms with E-state index in [1.807, 2.05) is 0 Å². The molecule has 0 radical (unpaired) electrons. The number of nitrogens with zero attached hydrogens (tertiary/aromatic N) is 1. The van der Waals surface area contributed by atoms with Crippen LogP contribution in [0, 0.1) is 5.92 Å². The van der Waals surface area contributed by atoms with Gasteiger partial charge in [0.1, 0.15) is 5.75 Å². The summed E-state index contributed by atoms with van der Waals surface area (Å²) in [6.07, 6.45) is 4.62. The van der Waals surface area contributed by atoms with E-state index in [-0.39, 0.29) is 11.8 Å². The lowest BCUT2D eigenvalue weighted by molar-refractivity contribution is 0.0363. The number of likely N-dealkylation sites (tertiary alicyclic amines) is 1. The lowest BCUT2D eigenvalue weighted by Crippen LogP contribution is -2.42. The first kappa shape index (κ1) is 15.3. The third-order valence-corrected chi connectivity index (χ3v) is 4.61. The highest BCUT2D eigenvalue weighted by Crippen LogP contribution is 2.28. The molecule has 3 heteroatoms. The largest absolute Gasteiger partial charge is 0.508 e. The third-order valence-electron chi connectivity index (χ3n) is 4.61. The summed E-state index contributed by atoms with van der Waals surface area (Å²) >= 11 is 0. The lowest BCUT2D eigenvalue weighted by Gasteiger charge is -2.38. The maximum Gasteiger partial charge on any atom is 0.115 e. The molecule has 2 N–H and O–H groups in total. The topological polar surface area (TPSA) is 43.7 Å². The van der Waals surface area contributed by atoms with Crippen molar-refractivity contribution in [2.45, 2.75) is 51.7 Å². The second-order valence-electron chi connectivity index (χ2n) is 6.04. The fourth-order valence-electron chi connectivity index (χ4n) is 3.21. The number of piperidine rings is 1. The first-order valence-electron chi connectivity index (χ1n) is 7.83. The maximum atomic E-state index is 10.5. The zero-order valence-electron chi connectivity index (χ0n) is 12.6. The zero-order chi connectivity index (χ0) is 14.5. The first-order valence-corrected chi connectivity index (χ1v) is 7.83. The second-order valence-corrected chi connectivity index (χ2v) is 6.04. The van der Waals surface area contributed by atoms with Crippen LogP contribution in [0.4, 0.5) is 0 Å². The van der Waals surface area contributed by atoms with Gasteiger partial charge in [-0.25, -0.2) is 0 Å². The number of aliphatic hydroxyl groups excluding tert-OH is 1. The number of phenols is 1. The van der Waals surface area contributed by atoms with Crippen molar-refractivity contribution in [3.63, 3.8) is 0 Å². The molecule has 1 aromatic rings. The highest BCUT2D eigenvalue weighted by atomic mass is 16.3. The molecule has 20 heavy (non-hydrogen) atoms. The molecule has 0 amide bonds. The predicted molar refractivity (Wildman–Crippen MR) is 81.7 cm³/mol. The molecule has 1 aromatic carbocycles. The number of aliphatic hydroxyl groups is 1. The molecule has 0 saturated carbocycles. The van der Waals surface area contributed by atoms with Crippen LogP contribution in [0.25, 0.3) is 0 Å². The van der Waals surface area contributed by atoms with Gasteiger partial charge in [-0.05, 0) is 56.5 Å². The predicted octanol–water partition coefficient (Wildman–Crippen LogP) is 3.33. The van der Waals surface area contributed by atoms with Gasteiger partial charge in [0.2, 0.25) is 0 Å². The number of hydrogen-bond donors (Lipinski definition) is 2. The van der Waals surface area contributed by atoms with E-state index in [1.165, 1.54) is 25.7 Å². The van der Waals surface area contributed by atoms with E-state index in [0.717, 1.165) is 24.6 Å². The molecule has 0 unspecified atom stereocenters. The SMILES string of the molecule is CCCC1CCN([C@@H](C)[C@@H](O)c2ccc(O)cc2)CC1. The smallest absolute Gasteiger partial charge is 0.115 e. The minimum Gasteiger partial charge on any atom is -0.508 e. The molecular weight excluding hydrogens is 250 g/mol. The molecule has 1 heterocycles. The summed E-state index contributed by atoms with van der Waals surface area (Å²) < 4.78 is 0. The standard InChI is InChI=1S/C17H27NO2/c1-3-4-14-9-11-18(12-10-14)13(2)17(20)15-5-7-16(19)8-6-15/h5-8,13-14,17,19-20H,3-4,9-12H2,1-2H3/t13-,17+/m0/s1. The Morgan fingerprint density at radius 3 is 2.35 bits per heavy atom. The number of rotatable bonds is 5. The monoisotopic (exact) mass is 277 g/mol. The zero-order valence-corrected chi connectivity index (χ0v) is 12.6. The van der Waals surface area contributed by atoms with Crippen molar-refractivity contribution in [3.05, 3.63) is 29.8 Å². The van der Waals surface area contributed by atoms with Crippen molar-refractivity contribution in [3.8, 4) is 5.75 Å². The van der Waals surface area contributed by atoms with Crippen molar-refractivity contribution < 1.29 is 10.2 Å². The van der Waals surface area contributed by atoms with Gasteiger partial charge in [-0.3, -0.25) is 4.90 Å². The number of benzene rings is 1. The highest BCUT2D eigenvalue weighted by molar-refractivity contribution is 5.27. The van der Waals surface area contributed by atoms with Crippen LogP contribution in [0.1, 0.15) is 51.2 Å². The molecule has 2 rings (SSSR count). The molecule has 0 bridgehead atoms. The van der Waals surface area contributed by atoms with Gasteiger partial charge in [0.15, 0.2) is 0 Å². The summed E-state index contributed by atoms with van der Waals surface area (Å²) in [5.41, 5.74) is 0.881. The van der Waals surface area contributed by atoms with Crippen LogP contribution < -0.4 is 0 Å². The molecule has 0 aliphatic carbocycles.